The minimum atomic E-state index is -4.53. The summed E-state index contributed by atoms with van der Waals surface area (Å²) < 4.78 is 39.5. The van der Waals surface area contributed by atoms with Crippen LogP contribution in [-0.2, 0) is 17.5 Å². The summed E-state index contributed by atoms with van der Waals surface area (Å²) in [4.78, 5) is 44.5. The van der Waals surface area contributed by atoms with E-state index < -0.39 is 17.3 Å². The lowest BCUT2D eigenvalue weighted by Gasteiger charge is -2.36. The summed E-state index contributed by atoms with van der Waals surface area (Å²) in [7, 11) is 0. The van der Waals surface area contributed by atoms with Crippen LogP contribution in [0.5, 0.6) is 0 Å². The van der Waals surface area contributed by atoms with Crippen molar-refractivity contribution in [2.24, 2.45) is 0 Å². The molecule has 4 rings (SSSR count). The average molecular weight is 482 g/mol. The third kappa shape index (κ3) is 4.72. The molecule has 0 radical (unpaired) electrons. The van der Waals surface area contributed by atoms with Crippen molar-refractivity contribution in [2.75, 3.05) is 31.1 Å². The molecule has 1 fully saturated rings. The highest BCUT2D eigenvalue weighted by Crippen LogP contribution is 2.33. The van der Waals surface area contributed by atoms with Gasteiger partial charge in [-0.1, -0.05) is 23.7 Å². The van der Waals surface area contributed by atoms with Gasteiger partial charge < -0.3 is 9.80 Å². The minimum absolute atomic E-state index is 0.00741. The fourth-order valence-electron chi connectivity index (χ4n) is 3.76. The van der Waals surface area contributed by atoms with Crippen molar-refractivity contribution in [1.29, 1.82) is 0 Å². The monoisotopic (exact) mass is 481 g/mol. The number of piperazine rings is 1. The molecule has 8 nitrogen and oxygen atoms in total. The summed E-state index contributed by atoms with van der Waals surface area (Å²) in [6.45, 7) is 1.35. The third-order valence-electron chi connectivity index (χ3n) is 5.51. The number of amides is 1. The Balaban J connectivity index is 1.38. The molecule has 1 aliphatic heterocycles. The van der Waals surface area contributed by atoms with Gasteiger partial charge in [-0.2, -0.15) is 13.2 Å². The minimum Gasteiger partial charge on any atom is -0.352 e. The quantitative estimate of drug-likeness (QED) is 0.618. The Morgan fingerprint density at radius 2 is 1.76 bits per heavy atom. The fraction of sp³-hybridized carbons (Fsp3) is 0.333. The lowest BCUT2D eigenvalue weighted by molar-refractivity contribution is -0.137. The molecule has 1 aromatic carbocycles. The van der Waals surface area contributed by atoms with Crippen LogP contribution in [0.25, 0.3) is 10.8 Å². The van der Waals surface area contributed by atoms with Gasteiger partial charge in [-0.3, -0.25) is 19.5 Å². The molecule has 0 saturated carbocycles. The van der Waals surface area contributed by atoms with Crippen LogP contribution in [0.15, 0.2) is 46.1 Å². The molecular formula is C21H19ClF3N5O3. The van der Waals surface area contributed by atoms with E-state index in [2.05, 4.69) is 10.1 Å². The smallest absolute Gasteiger partial charge is 0.352 e. The molecule has 0 atom stereocenters. The number of H-pyrrole nitrogens is 1. The second-order valence-corrected chi connectivity index (χ2v) is 8.00. The summed E-state index contributed by atoms with van der Waals surface area (Å²) in [5.74, 6) is 0.0269. The number of aryl methyl sites for hydroxylation is 1. The molecule has 0 unspecified atom stereocenters. The van der Waals surface area contributed by atoms with Gasteiger partial charge >= 0.3 is 6.18 Å². The number of halogens is 4. The summed E-state index contributed by atoms with van der Waals surface area (Å²) in [5.41, 5.74) is -1.72. The highest BCUT2D eigenvalue weighted by Gasteiger charge is 2.32. The molecule has 3 heterocycles. The number of alkyl halides is 3. The lowest BCUT2D eigenvalue weighted by atomic mass is 10.2. The number of aromatic amines is 1. The second-order valence-electron chi connectivity index (χ2n) is 7.59. The zero-order valence-electron chi connectivity index (χ0n) is 17.2. The number of anilines is 1. The average Bonchev–Trinajstić information content (AvgIpc) is 2.80. The zero-order chi connectivity index (χ0) is 23.8. The van der Waals surface area contributed by atoms with E-state index in [-0.39, 0.29) is 46.0 Å². The van der Waals surface area contributed by atoms with Crippen LogP contribution in [-0.4, -0.2) is 51.8 Å². The number of hydrogen-bond acceptors (Lipinski definition) is 5. The van der Waals surface area contributed by atoms with Gasteiger partial charge in [-0.25, -0.2) is 9.67 Å². The molecule has 0 aliphatic carbocycles. The SMILES string of the molecule is O=C(CCn1[nH]c(=O)c2ccccc2c1=O)N1CCN(c2ncc(C(F)(F)F)cc2Cl)CC1. The van der Waals surface area contributed by atoms with E-state index in [1.165, 1.54) is 0 Å². The van der Waals surface area contributed by atoms with Gasteiger partial charge in [-0.05, 0) is 18.2 Å². The molecule has 12 heteroatoms. The fourth-order valence-corrected chi connectivity index (χ4v) is 4.04. The molecule has 1 aliphatic rings. The van der Waals surface area contributed by atoms with E-state index in [1.807, 2.05) is 0 Å². The molecular weight excluding hydrogens is 463 g/mol. The molecule has 0 spiro atoms. The molecule has 3 aromatic rings. The Kier molecular flexibility index (Phi) is 6.15. The van der Waals surface area contributed by atoms with Crippen molar-refractivity contribution in [3.63, 3.8) is 0 Å². The first-order valence-corrected chi connectivity index (χ1v) is 10.5. The lowest BCUT2D eigenvalue weighted by Crippen LogP contribution is -2.49. The number of benzene rings is 1. The van der Waals surface area contributed by atoms with Gasteiger partial charge in [0, 0.05) is 38.8 Å². The predicted octanol–water partition coefficient (Wildman–Crippen LogP) is 2.50. The molecule has 1 saturated heterocycles. The Bertz CT molecular complexity index is 1310. The second kappa shape index (κ2) is 8.89. The van der Waals surface area contributed by atoms with Gasteiger partial charge in [0.05, 0.1) is 27.9 Å². The van der Waals surface area contributed by atoms with E-state index in [0.717, 1.165) is 16.9 Å². The maximum Gasteiger partial charge on any atom is 0.417 e. The molecule has 174 valence electrons. The van der Waals surface area contributed by atoms with Crippen LogP contribution < -0.4 is 16.0 Å². The van der Waals surface area contributed by atoms with Gasteiger partial charge in [-0.15, -0.1) is 0 Å². The van der Waals surface area contributed by atoms with Crippen molar-refractivity contribution < 1.29 is 18.0 Å². The largest absolute Gasteiger partial charge is 0.417 e. The van der Waals surface area contributed by atoms with Crippen molar-refractivity contribution in [2.45, 2.75) is 19.1 Å². The standard InChI is InChI=1S/C21H19ClF3N5O3/c22-16-11-13(21(23,24)25)12-26-18(16)29-9-7-28(8-10-29)17(31)5-6-30-20(33)15-4-2-1-3-14(15)19(32)27-30/h1-4,11-12H,5-10H2,(H,27,32). The third-order valence-corrected chi connectivity index (χ3v) is 5.79. The first-order chi connectivity index (χ1) is 15.6. The zero-order valence-corrected chi connectivity index (χ0v) is 18.0. The number of rotatable bonds is 4. The molecule has 2 aromatic heterocycles. The Hall–Kier alpha value is -3.34. The number of fused-ring (bicyclic) bond motifs is 1. The summed E-state index contributed by atoms with van der Waals surface area (Å²) >= 11 is 6.01. The number of carbonyl (C=O) groups excluding carboxylic acids is 1. The Morgan fingerprint density at radius 1 is 1.09 bits per heavy atom. The maximum absolute atomic E-state index is 12.8. The van der Waals surface area contributed by atoms with Gasteiger partial charge in [0.25, 0.3) is 11.1 Å². The Labute approximate surface area is 190 Å². The molecule has 1 N–H and O–H groups in total. The number of nitrogens with one attached hydrogen (secondary N) is 1. The first-order valence-electron chi connectivity index (χ1n) is 10.1. The van der Waals surface area contributed by atoms with Crippen LogP contribution in [0.4, 0.5) is 19.0 Å². The van der Waals surface area contributed by atoms with Gasteiger partial charge in [0.2, 0.25) is 5.91 Å². The summed E-state index contributed by atoms with van der Waals surface area (Å²) in [6, 6.07) is 7.28. The first kappa shape index (κ1) is 22.8. The van der Waals surface area contributed by atoms with E-state index in [4.69, 9.17) is 11.6 Å². The topological polar surface area (TPSA) is 91.3 Å². The van der Waals surface area contributed by atoms with Gasteiger partial charge in [0.15, 0.2) is 0 Å². The van der Waals surface area contributed by atoms with Crippen LogP contribution in [0.3, 0.4) is 0 Å². The van der Waals surface area contributed by atoms with E-state index in [1.54, 1.807) is 34.1 Å². The van der Waals surface area contributed by atoms with Crippen LogP contribution >= 0.6 is 11.6 Å². The van der Waals surface area contributed by atoms with E-state index >= 15 is 0 Å². The maximum atomic E-state index is 12.8. The molecule has 0 bridgehead atoms. The summed E-state index contributed by atoms with van der Waals surface area (Å²) in [5, 5.41) is 2.96. The Morgan fingerprint density at radius 3 is 2.39 bits per heavy atom. The number of aromatic nitrogens is 3. The highest BCUT2D eigenvalue weighted by atomic mass is 35.5. The van der Waals surface area contributed by atoms with Crippen molar-refractivity contribution in [3.05, 3.63) is 67.8 Å². The van der Waals surface area contributed by atoms with Crippen LogP contribution in [0, 0.1) is 0 Å². The number of carbonyl (C=O) groups is 1. The predicted molar refractivity (Wildman–Crippen MR) is 116 cm³/mol. The van der Waals surface area contributed by atoms with Crippen molar-refractivity contribution >= 4 is 34.1 Å². The number of nitrogens with zero attached hydrogens (tertiary/aromatic N) is 4. The molecule has 33 heavy (non-hydrogen) atoms. The normalized spacial score (nSPS) is 14.7. The van der Waals surface area contributed by atoms with E-state index in [9.17, 15) is 27.6 Å². The van der Waals surface area contributed by atoms with E-state index in [0.29, 0.717) is 26.2 Å². The molecule has 1 amide bonds. The van der Waals surface area contributed by atoms with Gasteiger partial charge in [0.1, 0.15) is 5.82 Å². The van der Waals surface area contributed by atoms with Crippen LogP contribution in [0.2, 0.25) is 5.02 Å². The van der Waals surface area contributed by atoms with Crippen LogP contribution in [0.1, 0.15) is 12.0 Å². The highest BCUT2D eigenvalue weighted by molar-refractivity contribution is 6.33. The summed E-state index contributed by atoms with van der Waals surface area (Å²) in [6.07, 6.45) is -3.79. The van der Waals surface area contributed by atoms with Crippen molar-refractivity contribution in [3.8, 4) is 0 Å². The van der Waals surface area contributed by atoms with Crippen molar-refractivity contribution in [1.82, 2.24) is 19.7 Å². The number of pyridine rings is 1. The number of hydrogen-bond donors (Lipinski definition) is 1.